The average molecular weight is 349 g/mol. The van der Waals surface area contributed by atoms with E-state index in [0.717, 1.165) is 22.7 Å². The van der Waals surface area contributed by atoms with Crippen LogP contribution in [0.4, 0.5) is 11.4 Å². The summed E-state index contributed by atoms with van der Waals surface area (Å²) in [5.41, 5.74) is 3.57. The maximum absolute atomic E-state index is 13.0. The number of carbonyl (C=O) groups is 1. The number of nitrogens with zero attached hydrogens (tertiary/aromatic N) is 2. The van der Waals surface area contributed by atoms with Gasteiger partial charge < -0.3 is 19.5 Å². The molecule has 3 rings (SSSR count). The number of anilines is 2. The summed E-state index contributed by atoms with van der Waals surface area (Å²) in [6.45, 7) is 0.484. The Bertz CT molecular complexity index is 838. The molecule has 1 amide bonds. The van der Waals surface area contributed by atoms with Crippen molar-refractivity contribution in [3.05, 3.63) is 78.1 Å². The summed E-state index contributed by atoms with van der Waals surface area (Å²) in [6.07, 6.45) is 1.76. The molecule has 0 unspecified atom stereocenters. The van der Waals surface area contributed by atoms with E-state index in [-0.39, 0.29) is 5.91 Å². The number of aromatic nitrogens is 1. The van der Waals surface area contributed by atoms with Gasteiger partial charge in [0.05, 0.1) is 13.7 Å². The summed E-state index contributed by atoms with van der Waals surface area (Å²) >= 11 is 0. The molecule has 0 saturated carbocycles. The quantitative estimate of drug-likeness (QED) is 0.733. The van der Waals surface area contributed by atoms with Gasteiger partial charge in [-0.25, -0.2) is 0 Å². The Labute approximate surface area is 153 Å². The maximum Gasteiger partial charge on any atom is 0.274 e. The van der Waals surface area contributed by atoms with E-state index in [1.807, 2.05) is 56.6 Å². The van der Waals surface area contributed by atoms with E-state index in [4.69, 9.17) is 4.74 Å². The molecule has 0 saturated heterocycles. The number of nitrogens with one attached hydrogen (secondary N) is 1. The van der Waals surface area contributed by atoms with Crippen molar-refractivity contribution in [2.75, 3.05) is 31.0 Å². The van der Waals surface area contributed by atoms with Crippen molar-refractivity contribution in [1.82, 2.24) is 4.98 Å². The molecule has 0 aliphatic carbocycles. The van der Waals surface area contributed by atoms with Gasteiger partial charge in [-0.1, -0.05) is 12.1 Å². The van der Waals surface area contributed by atoms with Crippen molar-refractivity contribution in [2.45, 2.75) is 6.54 Å². The second-order valence-corrected chi connectivity index (χ2v) is 6.23. The zero-order valence-electron chi connectivity index (χ0n) is 15.3. The lowest BCUT2D eigenvalue weighted by molar-refractivity contribution is 0.0981. The van der Waals surface area contributed by atoms with Crippen LogP contribution in [0.2, 0.25) is 0 Å². The molecule has 0 radical (unpaired) electrons. The van der Waals surface area contributed by atoms with Gasteiger partial charge in [0.1, 0.15) is 11.4 Å². The Balaban J connectivity index is 1.90. The van der Waals surface area contributed by atoms with Crippen molar-refractivity contribution in [3.63, 3.8) is 0 Å². The summed E-state index contributed by atoms with van der Waals surface area (Å²) in [4.78, 5) is 19.8. The van der Waals surface area contributed by atoms with Gasteiger partial charge in [-0.15, -0.1) is 0 Å². The summed E-state index contributed by atoms with van der Waals surface area (Å²) in [7, 11) is 5.64. The minimum absolute atomic E-state index is 0.0724. The topological polar surface area (TPSA) is 48.6 Å². The van der Waals surface area contributed by atoms with Gasteiger partial charge in [0.15, 0.2) is 0 Å². The highest BCUT2D eigenvalue weighted by atomic mass is 16.5. The van der Waals surface area contributed by atoms with Gasteiger partial charge in [-0.2, -0.15) is 0 Å². The van der Waals surface area contributed by atoms with Crippen molar-refractivity contribution in [3.8, 4) is 5.75 Å². The van der Waals surface area contributed by atoms with Gasteiger partial charge in [-0.3, -0.25) is 4.79 Å². The van der Waals surface area contributed by atoms with Crippen LogP contribution in [0.1, 0.15) is 16.1 Å². The Morgan fingerprint density at radius 3 is 2.15 bits per heavy atom. The van der Waals surface area contributed by atoms with Crippen LogP contribution in [-0.2, 0) is 6.54 Å². The van der Waals surface area contributed by atoms with Gasteiger partial charge in [0, 0.05) is 31.7 Å². The number of ether oxygens (including phenoxy) is 1. The lowest BCUT2D eigenvalue weighted by atomic mass is 10.1. The Hall–Kier alpha value is -3.21. The van der Waals surface area contributed by atoms with Gasteiger partial charge >= 0.3 is 0 Å². The number of aromatic amines is 1. The van der Waals surface area contributed by atoms with E-state index in [2.05, 4.69) is 22.0 Å². The molecule has 26 heavy (non-hydrogen) atoms. The number of hydrogen-bond acceptors (Lipinski definition) is 3. The molecule has 0 aliphatic heterocycles. The fourth-order valence-corrected chi connectivity index (χ4v) is 2.73. The Morgan fingerprint density at radius 2 is 1.62 bits per heavy atom. The second-order valence-electron chi connectivity index (χ2n) is 6.23. The first-order valence-electron chi connectivity index (χ1n) is 8.44. The molecule has 134 valence electrons. The van der Waals surface area contributed by atoms with Crippen molar-refractivity contribution in [2.24, 2.45) is 0 Å². The zero-order valence-corrected chi connectivity index (χ0v) is 15.3. The molecule has 2 aromatic carbocycles. The normalized spacial score (nSPS) is 10.4. The largest absolute Gasteiger partial charge is 0.497 e. The van der Waals surface area contributed by atoms with E-state index in [0.29, 0.717) is 12.2 Å². The molecular formula is C21H23N3O2. The molecular weight excluding hydrogens is 326 g/mol. The fraction of sp³-hybridized carbons (Fsp3) is 0.190. The number of hydrogen-bond donors (Lipinski definition) is 1. The first-order valence-corrected chi connectivity index (χ1v) is 8.44. The highest BCUT2D eigenvalue weighted by Crippen LogP contribution is 2.23. The van der Waals surface area contributed by atoms with Crippen molar-refractivity contribution in [1.29, 1.82) is 0 Å². The van der Waals surface area contributed by atoms with E-state index in [9.17, 15) is 4.79 Å². The zero-order chi connectivity index (χ0) is 18.5. The highest BCUT2D eigenvalue weighted by molar-refractivity contribution is 6.04. The molecule has 5 nitrogen and oxygen atoms in total. The third-order valence-electron chi connectivity index (χ3n) is 4.25. The number of rotatable bonds is 6. The molecule has 5 heteroatoms. The van der Waals surface area contributed by atoms with Crippen LogP contribution in [0, 0.1) is 0 Å². The lowest BCUT2D eigenvalue weighted by Gasteiger charge is -2.23. The van der Waals surface area contributed by atoms with E-state index in [1.165, 1.54) is 0 Å². The van der Waals surface area contributed by atoms with Crippen LogP contribution in [0.3, 0.4) is 0 Å². The minimum Gasteiger partial charge on any atom is -0.497 e. The number of H-pyrrole nitrogens is 1. The predicted molar refractivity (Wildman–Crippen MR) is 105 cm³/mol. The third kappa shape index (κ3) is 3.88. The first-order chi connectivity index (χ1) is 12.6. The van der Waals surface area contributed by atoms with Gasteiger partial charge in [-0.05, 0) is 54.1 Å². The third-order valence-corrected chi connectivity index (χ3v) is 4.25. The molecule has 1 N–H and O–H groups in total. The molecule has 0 spiro atoms. The highest BCUT2D eigenvalue weighted by Gasteiger charge is 2.19. The Kier molecular flexibility index (Phi) is 5.27. The first kappa shape index (κ1) is 17.6. The average Bonchev–Trinajstić information content (AvgIpc) is 3.21. The number of methoxy groups -OCH3 is 1. The van der Waals surface area contributed by atoms with Crippen molar-refractivity contribution < 1.29 is 9.53 Å². The Morgan fingerprint density at radius 1 is 0.962 bits per heavy atom. The van der Waals surface area contributed by atoms with Gasteiger partial charge in [0.25, 0.3) is 5.91 Å². The maximum atomic E-state index is 13.0. The number of benzene rings is 2. The second kappa shape index (κ2) is 7.78. The molecule has 0 bridgehead atoms. The molecule has 0 atom stereocenters. The van der Waals surface area contributed by atoms with Crippen LogP contribution in [0.15, 0.2) is 66.9 Å². The molecule has 0 fully saturated rings. The van der Waals surface area contributed by atoms with Crippen LogP contribution < -0.4 is 14.5 Å². The smallest absolute Gasteiger partial charge is 0.274 e. The lowest BCUT2D eigenvalue weighted by Crippen LogP contribution is -2.30. The molecule has 1 heterocycles. The summed E-state index contributed by atoms with van der Waals surface area (Å²) in [6, 6.07) is 19.3. The summed E-state index contributed by atoms with van der Waals surface area (Å²) in [5, 5.41) is 0. The SMILES string of the molecule is COc1ccc(N(Cc2ccc(N(C)C)cc2)C(=O)c2ccc[nH]2)cc1. The van der Waals surface area contributed by atoms with E-state index >= 15 is 0 Å². The monoisotopic (exact) mass is 349 g/mol. The van der Waals surface area contributed by atoms with Crippen LogP contribution in [0.5, 0.6) is 5.75 Å². The summed E-state index contributed by atoms with van der Waals surface area (Å²) in [5.74, 6) is 0.688. The van der Waals surface area contributed by atoms with Crippen LogP contribution in [-0.4, -0.2) is 32.1 Å². The fourth-order valence-electron chi connectivity index (χ4n) is 2.73. The standard InChI is InChI=1S/C21H23N3O2/c1-23(2)17-8-6-16(7-9-17)15-24(21(25)20-5-4-14-22-20)18-10-12-19(26-3)13-11-18/h4-14,22H,15H2,1-3H3. The van der Waals surface area contributed by atoms with Crippen molar-refractivity contribution >= 4 is 17.3 Å². The molecule has 1 aromatic heterocycles. The van der Waals surface area contributed by atoms with Crippen LogP contribution in [0.25, 0.3) is 0 Å². The number of carbonyl (C=O) groups excluding carboxylic acids is 1. The van der Waals surface area contributed by atoms with Gasteiger partial charge in [0.2, 0.25) is 0 Å². The molecule has 0 aliphatic rings. The van der Waals surface area contributed by atoms with E-state index in [1.54, 1.807) is 24.3 Å². The van der Waals surface area contributed by atoms with E-state index < -0.39 is 0 Å². The summed E-state index contributed by atoms with van der Waals surface area (Å²) < 4.78 is 5.22. The minimum atomic E-state index is -0.0724. The number of amides is 1. The predicted octanol–water partition coefficient (Wildman–Crippen LogP) is 3.94. The molecule has 3 aromatic rings. The van der Waals surface area contributed by atoms with Crippen LogP contribution >= 0.6 is 0 Å².